The summed E-state index contributed by atoms with van der Waals surface area (Å²) in [5.41, 5.74) is 1.79. The van der Waals surface area contributed by atoms with Crippen LogP contribution in [-0.4, -0.2) is 27.9 Å². The van der Waals surface area contributed by atoms with E-state index in [9.17, 15) is 13.2 Å². The topological polar surface area (TPSA) is 71.7 Å². The predicted octanol–water partition coefficient (Wildman–Crippen LogP) is 4.60. The summed E-state index contributed by atoms with van der Waals surface area (Å²) in [6.07, 6.45) is 4.22. The van der Waals surface area contributed by atoms with Crippen molar-refractivity contribution in [1.82, 2.24) is 9.38 Å². The van der Waals surface area contributed by atoms with Crippen LogP contribution in [0.25, 0.3) is 27.7 Å². The Kier molecular flexibility index (Phi) is 4.61. The van der Waals surface area contributed by atoms with Crippen molar-refractivity contribution in [3.63, 3.8) is 0 Å². The van der Waals surface area contributed by atoms with Crippen LogP contribution in [0.15, 0.2) is 48.8 Å². The number of aryl methyl sites for hydroxylation is 2. The minimum Gasteiger partial charge on any atom is -0.323 e. The third-order valence-electron chi connectivity index (χ3n) is 4.28. The van der Waals surface area contributed by atoms with Crippen molar-refractivity contribution < 1.29 is 26.1 Å². The van der Waals surface area contributed by atoms with Crippen molar-refractivity contribution in [3.05, 3.63) is 59.9 Å². The normalized spacial score (nSPS) is 12.4. The van der Waals surface area contributed by atoms with Crippen LogP contribution in [0.5, 0.6) is 0 Å². The van der Waals surface area contributed by atoms with Crippen LogP contribution in [0.4, 0.5) is 13.2 Å². The van der Waals surface area contributed by atoms with Crippen LogP contribution < -0.4 is 0 Å². The lowest BCUT2D eigenvalue weighted by Crippen LogP contribution is -2.21. The monoisotopic (exact) mass is 396 g/mol. The second-order valence-corrected chi connectivity index (χ2v) is 7.42. The number of hydrogen-bond donors (Lipinski definition) is 1. The Morgan fingerprint density at radius 2 is 1.63 bits per heavy atom. The number of aromatic nitrogens is 2. The first-order valence-electron chi connectivity index (χ1n) is 7.80. The molecule has 27 heavy (non-hydrogen) atoms. The molecule has 0 atom stereocenters. The van der Waals surface area contributed by atoms with E-state index in [1.54, 1.807) is 0 Å². The van der Waals surface area contributed by atoms with Gasteiger partial charge >= 0.3 is 15.6 Å². The maximum absolute atomic E-state index is 10.7. The molecule has 4 rings (SSSR count). The van der Waals surface area contributed by atoms with Gasteiger partial charge in [-0.2, -0.15) is 21.6 Å². The van der Waals surface area contributed by atoms with Crippen LogP contribution in [0, 0.1) is 13.8 Å². The van der Waals surface area contributed by atoms with Crippen LogP contribution in [0.1, 0.15) is 11.1 Å². The lowest BCUT2D eigenvalue weighted by atomic mass is 10.0. The molecule has 0 spiro atoms. The number of pyridine rings is 2. The Hall–Kier alpha value is -2.65. The lowest BCUT2D eigenvalue weighted by molar-refractivity contribution is -0.0510. The molecule has 0 saturated heterocycles. The van der Waals surface area contributed by atoms with E-state index in [0.717, 1.165) is 11.2 Å². The molecule has 1 aromatic carbocycles. The average Bonchev–Trinajstić information content (AvgIpc) is 2.95. The molecule has 0 amide bonds. The SMILES string of the molecule is Cc1ccn2ccc3nc4ccccc4c-3c2c1C.O=S(=O)(O)C(F)(F)F. The van der Waals surface area contributed by atoms with Gasteiger partial charge in [0.1, 0.15) is 0 Å². The molecule has 5 nitrogen and oxygen atoms in total. The number of benzene rings is 1. The first kappa shape index (κ1) is 19.1. The molecule has 0 bridgehead atoms. The molecule has 142 valence electrons. The maximum Gasteiger partial charge on any atom is 0.522 e. The van der Waals surface area contributed by atoms with Gasteiger partial charge in [-0.3, -0.25) is 4.55 Å². The molecule has 2 aliphatic rings. The van der Waals surface area contributed by atoms with E-state index < -0.39 is 15.6 Å². The fourth-order valence-corrected chi connectivity index (χ4v) is 2.84. The van der Waals surface area contributed by atoms with E-state index >= 15 is 0 Å². The van der Waals surface area contributed by atoms with Gasteiger partial charge in [-0.25, -0.2) is 4.98 Å². The van der Waals surface area contributed by atoms with E-state index in [-0.39, 0.29) is 0 Å². The fraction of sp³-hybridized carbons (Fsp3) is 0.167. The van der Waals surface area contributed by atoms with E-state index in [2.05, 4.69) is 61.0 Å². The summed E-state index contributed by atoms with van der Waals surface area (Å²) in [7, 11) is -5.84. The Balaban J connectivity index is 0.000000226. The van der Waals surface area contributed by atoms with Crippen LogP contribution in [-0.2, 0) is 10.1 Å². The lowest BCUT2D eigenvalue weighted by Gasteiger charge is -2.12. The van der Waals surface area contributed by atoms with Crippen LogP contribution in [0.3, 0.4) is 0 Å². The van der Waals surface area contributed by atoms with Gasteiger partial charge < -0.3 is 4.40 Å². The summed E-state index contributed by atoms with van der Waals surface area (Å²) in [5, 5.41) is 1.24. The molecule has 2 aromatic rings. The molecule has 0 unspecified atom stereocenters. The van der Waals surface area contributed by atoms with Crippen LogP contribution >= 0.6 is 0 Å². The van der Waals surface area contributed by atoms with Gasteiger partial charge in [-0.15, -0.1) is 0 Å². The zero-order chi connectivity index (χ0) is 20.0. The third kappa shape index (κ3) is 3.47. The standard InChI is InChI=1S/C17H14N2.CHF3O3S/c1-11-7-9-19-10-8-15-16(17(19)12(11)2)13-5-3-4-6-14(13)18-15;2-1(3,4)8(5,6)7/h3-10H,1-2H3;(H,5,6,7). The summed E-state index contributed by atoms with van der Waals surface area (Å²) in [6, 6.07) is 12.6. The molecule has 1 N–H and O–H groups in total. The van der Waals surface area contributed by atoms with Crippen molar-refractivity contribution in [2.24, 2.45) is 0 Å². The van der Waals surface area contributed by atoms with Gasteiger partial charge in [0.2, 0.25) is 0 Å². The molecule has 2 aliphatic heterocycles. The Morgan fingerprint density at radius 3 is 2.26 bits per heavy atom. The number of para-hydroxylation sites is 1. The van der Waals surface area contributed by atoms with Gasteiger partial charge in [-0.1, -0.05) is 18.2 Å². The first-order valence-corrected chi connectivity index (χ1v) is 9.24. The average molecular weight is 396 g/mol. The van der Waals surface area contributed by atoms with Gasteiger partial charge in [0.05, 0.1) is 16.7 Å². The smallest absolute Gasteiger partial charge is 0.323 e. The van der Waals surface area contributed by atoms with E-state index in [4.69, 9.17) is 18.0 Å². The molecule has 9 heteroatoms. The summed E-state index contributed by atoms with van der Waals surface area (Å²) in [6.45, 7) is 4.35. The molecular weight excluding hydrogens is 381 g/mol. The highest BCUT2D eigenvalue weighted by molar-refractivity contribution is 7.86. The molecule has 0 radical (unpaired) electrons. The van der Waals surface area contributed by atoms with E-state index in [1.165, 1.54) is 27.6 Å². The van der Waals surface area contributed by atoms with Gasteiger partial charge in [0.15, 0.2) is 0 Å². The number of fused-ring (bicyclic) bond motifs is 5. The summed E-state index contributed by atoms with van der Waals surface area (Å²) in [4.78, 5) is 4.72. The zero-order valence-corrected chi connectivity index (χ0v) is 15.1. The number of nitrogens with zero attached hydrogens (tertiary/aromatic N) is 2. The highest BCUT2D eigenvalue weighted by atomic mass is 32.2. The van der Waals surface area contributed by atoms with Crippen LogP contribution in [0.2, 0.25) is 0 Å². The molecule has 1 aromatic heterocycles. The van der Waals surface area contributed by atoms with Crippen molar-refractivity contribution in [1.29, 1.82) is 0 Å². The van der Waals surface area contributed by atoms with Crippen molar-refractivity contribution in [3.8, 4) is 11.3 Å². The van der Waals surface area contributed by atoms with Crippen molar-refractivity contribution in [2.75, 3.05) is 0 Å². The van der Waals surface area contributed by atoms with Gasteiger partial charge in [0, 0.05) is 23.3 Å². The Labute approximate surface area is 153 Å². The summed E-state index contributed by atoms with van der Waals surface area (Å²) >= 11 is 0. The van der Waals surface area contributed by atoms with E-state index in [1.807, 2.05) is 6.07 Å². The second kappa shape index (κ2) is 6.50. The molecular formula is C18H15F3N2O3S. The predicted molar refractivity (Wildman–Crippen MR) is 96.4 cm³/mol. The minimum absolute atomic E-state index is 1.08. The number of halogens is 3. The molecule has 0 aliphatic carbocycles. The molecule has 0 fully saturated rings. The fourth-order valence-electron chi connectivity index (χ4n) is 2.84. The minimum atomic E-state index is -5.84. The Morgan fingerprint density at radius 1 is 1.04 bits per heavy atom. The summed E-state index contributed by atoms with van der Waals surface area (Å²) in [5.74, 6) is 0. The highest BCUT2D eigenvalue weighted by Crippen LogP contribution is 2.36. The highest BCUT2D eigenvalue weighted by Gasteiger charge is 2.44. The second-order valence-electron chi connectivity index (χ2n) is 6.01. The molecule has 0 saturated carbocycles. The molecule has 3 heterocycles. The maximum atomic E-state index is 10.7. The summed E-state index contributed by atoms with van der Waals surface area (Å²) < 4.78 is 59.7. The largest absolute Gasteiger partial charge is 0.522 e. The number of rotatable bonds is 0. The number of hydrogen-bond acceptors (Lipinski definition) is 3. The van der Waals surface area contributed by atoms with Crippen molar-refractivity contribution in [2.45, 2.75) is 19.4 Å². The Bertz CT molecular complexity index is 1210. The van der Waals surface area contributed by atoms with Crippen molar-refractivity contribution >= 4 is 26.5 Å². The quantitative estimate of drug-likeness (QED) is 0.348. The first-order chi connectivity index (χ1) is 12.5. The third-order valence-corrected chi connectivity index (χ3v) is 4.87. The zero-order valence-electron chi connectivity index (χ0n) is 14.3. The number of alkyl halides is 3. The van der Waals surface area contributed by atoms with Gasteiger partial charge in [-0.05, 0) is 43.2 Å². The van der Waals surface area contributed by atoms with E-state index in [0.29, 0.717) is 0 Å². The van der Waals surface area contributed by atoms with Gasteiger partial charge in [0.25, 0.3) is 0 Å².